The van der Waals surface area contributed by atoms with Gasteiger partial charge < -0.3 is 0 Å². The zero-order chi connectivity index (χ0) is 11.7. The van der Waals surface area contributed by atoms with Crippen LogP contribution >= 0.6 is 11.6 Å². The molecule has 2 aromatic heterocycles. The van der Waals surface area contributed by atoms with Gasteiger partial charge in [0.2, 0.25) is 0 Å². The standard InChI is InChI=1S/C11H8ClN3OSe/c12-10-5-4-7(16-10)6-13-8-2-1-3-9-11(8)15-17-14-9/h1-5,13H,6H2. The zero-order valence-corrected chi connectivity index (χ0v) is 11.2. The van der Waals surface area contributed by atoms with Crippen LogP contribution in [0.25, 0.3) is 11.0 Å². The molecule has 0 aliphatic heterocycles. The molecule has 0 aliphatic carbocycles. The second-order valence-electron chi connectivity index (χ2n) is 3.50. The van der Waals surface area contributed by atoms with Crippen LogP contribution in [-0.2, 0) is 6.54 Å². The van der Waals surface area contributed by atoms with Crippen molar-refractivity contribution in [2.75, 3.05) is 5.32 Å². The van der Waals surface area contributed by atoms with Gasteiger partial charge in [-0.2, -0.15) is 0 Å². The molecule has 3 rings (SSSR count). The van der Waals surface area contributed by atoms with E-state index in [1.54, 1.807) is 6.07 Å². The van der Waals surface area contributed by atoms with Gasteiger partial charge in [-0.05, 0) is 0 Å². The summed E-state index contributed by atoms with van der Waals surface area (Å²) in [5, 5.41) is 3.68. The fourth-order valence-electron chi connectivity index (χ4n) is 1.58. The second-order valence-corrected chi connectivity index (χ2v) is 4.98. The summed E-state index contributed by atoms with van der Waals surface area (Å²) < 4.78 is 14.0. The molecule has 0 saturated heterocycles. The van der Waals surface area contributed by atoms with Crippen LogP contribution in [0.1, 0.15) is 5.76 Å². The molecule has 17 heavy (non-hydrogen) atoms. The number of halogens is 1. The molecule has 0 spiro atoms. The third-order valence-corrected chi connectivity index (χ3v) is 3.71. The molecule has 6 heteroatoms. The Morgan fingerprint density at radius 2 is 2.18 bits per heavy atom. The van der Waals surface area contributed by atoms with Gasteiger partial charge in [0.05, 0.1) is 0 Å². The van der Waals surface area contributed by atoms with E-state index in [0.717, 1.165) is 22.5 Å². The fourth-order valence-corrected chi connectivity index (χ4v) is 2.89. The van der Waals surface area contributed by atoms with Gasteiger partial charge in [0.1, 0.15) is 0 Å². The van der Waals surface area contributed by atoms with Crippen LogP contribution in [0.3, 0.4) is 0 Å². The van der Waals surface area contributed by atoms with Crippen LogP contribution in [-0.4, -0.2) is 22.9 Å². The monoisotopic (exact) mass is 313 g/mol. The van der Waals surface area contributed by atoms with Crippen molar-refractivity contribution >= 4 is 43.3 Å². The van der Waals surface area contributed by atoms with Gasteiger partial charge in [-0.3, -0.25) is 0 Å². The van der Waals surface area contributed by atoms with Crippen LogP contribution in [0.4, 0.5) is 5.69 Å². The molecule has 0 fully saturated rings. The van der Waals surface area contributed by atoms with Crippen molar-refractivity contribution in [3.63, 3.8) is 0 Å². The first-order valence-electron chi connectivity index (χ1n) is 5.02. The van der Waals surface area contributed by atoms with Crippen LogP contribution in [0, 0.1) is 0 Å². The summed E-state index contributed by atoms with van der Waals surface area (Å²) in [6.45, 7) is 0.589. The SMILES string of the molecule is Clc1ccc(CNc2cccc3n[se]nc23)o1. The Labute approximate surface area is 109 Å². The molecule has 0 amide bonds. The third kappa shape index (κ3) is 2.22. The van der Waals surface area contributed by atoms with Crippen LogP contribution in [0.15, 0.2) is 34.7 Å². The minimum absolute atomic E-state index is 0.00585. The molecule has 0 bridgehead atoms. The maximum absolute atomic E-state index is 5.71. The van der Waals surface area contributed by atoms with E-state index in [-0.39, 0.29) is 15.0 Å². The molecular formula is C11H8ClN3OSe. The molecule has 1 N–H and O–H groups in total. The quantitative estimate of drug-likeness (QED) is 0.755. The first kappa shape index (κ1) is 10.8. The Bertz CT molecular complexity index is 649. The number of furan rings is 1. The summed E-state index contributed by atoms with van der Waals surface area (Å²) in [4.78, 5) is 0. The van der Waals surface area contributed by atoms with Crippen molar-refractivity contribution < 1.29 is 4.42 Å². The van der Waals surface area contributed by atoms with E-state index >= 15 is 0 Å². The van der Waals surface area contributed by atoms with E-state index < -0.39 is 0 Å². The molecule has 0 atom stereocenters. The molecule has 86 valence electrons. The van der Waals surface area contributed by atoms with Gasteiger partial charge in [-0.15, -0.1) is 0 Å². The van der Waals surface area contributed by atoms with E-state index in [2.05, 4.69) is 13.3 Å². The summed E-state index contributed by atoms with van der Waals surface area (Å²) in [6.07, 6.45) is 0. The fraction of sp³-hybridized carbons (Fsp3) is 0.0909. The molecule has 0 saturated carbocycles. The Balaban J connectivity index is 1.83. The Morgan fingerprint density at radius 1 is 1.24 bits per heavy atom. The summed E-state index contributed by atoms with van der Waals surface area (Å²) in [6, 6.07) is 9.52. The molecule has 0 aliphatic rings. The summed E-state index contributed by atoms with van der Waals surface area (Å²) >= 11 is 5.70. The van der Waals surface area contributed by atoms with Crippen molar-refractivity contribution in [1.29, 1.82) is 0 Å². The average Bonchev–Trinajstić information content (AvgIpc) is 2.94. The van der Waals surface area contributed by atoms with Gasteiger partial charge in [-0.1, -0.05) is 0 Å². The number of fused-ring (bicyclic) bond motifs is 1. The summed E-state index contributed by atoms with van der Waals surface area (Å²) in [5.74, 6) is 0.799. The van der Waals surface area contributed by atoms with Crippen molar-refractivity contribution in [2.45, 2.75) is 6.54 Å². The average molecular weight is 313 g/mol. The van der Waals surface area contributed by atoms with Gasteiger partial charge in [-0.25, -0.2) is 0 Å². The van der Waals surface area contributed by atoms with Crippen molar-refractivity contribution in [3.05, 3.63) is 41.3 Å². The number of hydrogen-bond donors (Lipinski definition) is 1. The van der Waals surface area contributed by atoms with Gasteiger partial charge in [0.25, 0.3) is 0 Å². The van der Waals surface area contributed by atoms with Crippen molar-refractivity contribution in [2.24, 2.45) is 0 Å². The van der Waals surface area contributed by atoms with E-state index in [9.17, 15) is 0 Å². The molecule has 1 aromatic carbocycles. The Morgan fingerprint density at radius 3 is 3.00 bits per heavy atom. The number of rotatable bonds is 3. The molecule has 0 radical (unpaired) electrons. The van der Waals surface area contributed by atoms with Gasteiger partial charge in [0.15, 0.2) is 0 Å². The second kappa shape index (κ2) is 4.53. The number of aromatic nitrogens is 2. The number of anilines is 1. The van der Waals surface area contributed by atoms with Gasteiger partial charge in [0, 0.05) is 0 Å². The summed E-state index contributed by atoms with van der Waals surface area (Å²) in [7, 11) is 0. The first-order valence-corrected chi connectivity index (χ1v) is 6.93. The van der Waals surface area contributed by atoms with Crippen LogP contribution in [0.5, 0.6) is 0 Å². The van der Waals surface area contributed by atoms with Crippen LogP contribution < -0.4 is 5.32 Å². The van der Waals surface area contributed by atoms with Crippen molar-refractivity contribution in [1.82, 2.24) is 7.96 Å². The van der Waals surface area contributed by atoms with Gasteiger partial charge >= 0.3 is 109 Å². The Hall–Kier alpha value is -1.29. The predicted molar refractivity (Wildman–Crippen MR) is 67.5 cm³/mol. The van der Waals surface area contributed by atoms with E-state index in [1.165, 1.54) is 0 Å². The number of benzene rings is 1. The van der Waals surface area contributed by atoms with E-state index in [0.29, 0.717) is 11.8 Å². The summed E-state index contributed by atoms with van der Waals surface area (Å²) in [5.41, 5.74) is 2.90. The molecule has 2 heterocycles. The zero-order valence-electron chi connectivity index (χ0n) is 8.68. The number of nitrogens with zero attached hydrogens (tertiary/aromatic N) is 2. The van der Waals surface area contributed by atoms with E-state index in [4.69, 9.17) is 16.0 Å². The Kier molecular flexibility index (Phi) is 2.89. The first-order chi connectivity index (χ1) is 8.33. The normalized spacial score (nSPS) is 10.9. The molecule has 4 nitrogen and oxygen atoms in total. The predicted octanol–water partition coefficient (Wildman–Crippen LogP) is 2.55. The van der Waals surface area contributed by atoms with Crippen molar-refractivity contribution in [3.8, 4) is 0 Å². The minimum atomic E-state index is -0.00585. The maximum atomic E-state index is 5.71. The topological polar surface area (TPSA) is 51.0 Å². The molecule has 3 aromatic rings. The third-order valence-electron chi connectivity index (χ3n) is 2.37. The number of hydrogen-bond acceptors (Lipinski definition) is 4. The molecule has 0 unspecified atom stereocenters. The van der Waals surface area contributed by atoms with E-state index in [1.807, 2.05) is 24.3 Å². The number of nitrogens with one attached hydrogen (secondary N) is 1. The van der Waals surface area contributed by atoms with Crippen LogP contribution in [0.2, 0.25) is 5.22 Å². The molecular weight excluding hydrogens is 305 g/mol.